The molecule has 7 nitrogen and oxygen atoms in total. The Bertz CT molecular complexity index is 505. The van der Waals surface area contributed by atoms with Crippen molar-refractivity contribution in [2.24, 2.45) is 5.92 Å². The molecule has 1 aromatic rings. The fraction of sp³-hybridized carbons (Fsp3) is 0.812. The first kappa shape index (κ1) is 16.4. The van der Waals surface area contributed by atoms with Gasteiger partial charge in [0.2, 0.25) is 11.8 Å². The Labute approximate surface area is 136 Å². The molecule has 2 saturated heterocycles. The second-order valence-corrected chi connectivity index (χ2v) is 6.18. The van der Waals surface area contributed by atoms with Crippen LogP contribution in [0.4, 0.5) is 0 Å². The third kappa shape index (κ3) is 4.29. The molecule has 128 valence electrons. The summed E-state index contributed by atoms with van der Waals surface area (Å²) in [6.45, 7) is 5.00. The van der Waals surface area contributed by atoms with Crippen LogP contribution in [-0.2, 0) is 27.1 Å². The zero-order valence-electron chi connectivity index (χ0n) is 13.7. The molecule has 0 aromatic carbocycles. The first-order chi connectivity index (χ1) is 11.3. The topological polar surface area (TPSA) is 77.7 Å². The molecular weight excluding hydrogens is 298 g/mol. The maximum Gasteiger partial charge on any atom is 0.227 e. The summed E-state index contributed by atoms with van der Waals surface area (Å²) in [4.78, 5) is 18.5. The molecule has 3 rings (SSSR count). The molecule has 0 radical (unpaired) electrons. The van der Waals surface area contributed by atoms with E-state index in [2.05, 4.69) is 17.1 Å². The summed E-state index contributed by atoms with van der Waals surface area (Å²) in [5.41, 5.74) is 0. The van der Waals surface area contributed by atoms with Crippen LogP contribution in [0.5, 0.6) is 0 Å². The Hall–Kier alpha value is -1.47. The minimum absolute atomic E-state index is 0.0670. The fourth-order valence-electron chi connectivity index (χ4n) is 3.16. The van der Waals surface area contributed by atoms with Gasteiger partial charge in [0, 0.05) is 38.3 Å². The van der Waals surface area contributed by atoms with Crippen molar-refractivity contribution < 1.29 is 18.8 Å². The van der Waals surface area contributed by atoms with Crippen LogP contribution >= 0.6 is 0 Å². The van der Waals surface area contributed by atoms with E-state index >= 15 is 0 Å². The normalized spacial score (nSPS) is 20.3. The Balaban J connectivity index is 1.40. The third-order valence-electron chi connectivity index (χ3n) is 4.46. The van der Waals surface area contributed by atoms with Crippen LogP contribution in [0.1, 0.15) is 44.3 Å². The highest BCUT2D eigenvalue weighted by Crippen LogP contribution is 2.26. The summed E-state index contributed by atoms with van der Waals surface area (Å²) in [5.74, 6) is 1.86. The Kier molecular flexibility index (Phi) is 5.61. The molecule has 7 heteroatoms. The molecule has 0 saturated carbocycles. The molecule has 2 aliphatic rings. The lowest BCUT2D eigenvalue weighted by Gasteiger charge is -2.33. The van der Waals surface area contributed by atoms with Crippen LogP contribution in [0.25, 0.3) is 0 Å². The number of aryl methyl sites for hydroxylation is 2. The highest BCUT2D eigenvalue weighted by Gasteiger charge is 2.31. The van der Waals surface area contributed by atoms with Crippen molar-refractivity contribution in [1.29, 1.82) is 0 Å². The highest BCUT2D eigenvalue weighted by atomic mass is 16.7. The van der Waals surface area contributed by atoms with Crippen molar-refractivity contribution in [3.05, 3.63) is 11.7 Å². The Morgan fingerprint density at radius 1 is 1.22 bits per heavy atom. The number of amides is 1. The van der Waals surface area contributed by atoms with E-state index < -0.39 is 0 Å². The van der Waals surface area contributed by atoms with Gasteiger partial charge in [-0.2, -0.15) is 4.98 Å². The van der Waals surface area contributed by atoms with E-state index in [1.165, 1.54) is 0 Å². The minimum Gasteiger partial charge on any atom is -0.350 e. The fourth-order valence-corrected chi connectivity index (χ4v) is 3.16. The lowest BCUT2D eigenvalue weighted by atomic mass is 9.96. The van der Waals surface area contributed by atoms with Crippen LogP contribution in [0.2, 0.25) is 0 Å². The monoisotopic (exact) mass is 323 g/mol. The molecule has 1 aromatic heterocycles. The molecule has 3 heterocycles. The molecule has 0 spiro atoms. The molecule has 0 aliphatic carbocycles. The van der Waals surface area contributed by atoms with E-state index in [4.69, 9.17) is 14.0 Å². The van der Waals surface area contributed by atoms with Gasteiger partial charge in [0.15, 0.2) is 12.1 Å². The summed E-state index contributed by atoms with van der Waals surface area (Å²) in [6.07, 6.45) is 4.56. The van der Waals surface area contributed by atoms with Crippen molar-refractivity contribution in [2.45, 2.75) is 51.7 Å². The number of likely N-dealkylation sites (tertiary alicyclic amines) is 1. The summed E-state index contributed by atoms with van der Waals surface area (Å²) < 4.78 is 16.3. The second-order valence-electron chi connectivity index (χ2n) is 6.18. The molecule has 2 aliphatic heterocycles. The van der Waals surface area contributed by atoms with Gasteiger partial charge in [0.1, 0.15) is 0 Å². The minimum atomic E-state index is -0.0670. The van der Waals surface area contributed by atoms with Gasteiger partial charge in [-0.05, 0) is 19.3 Å². The average Bonchev–Trinajstić information content (AvgIpc) is 3.25. The van der Waals surface area contributed by atoms with Gasteiger partial charge in [-0.3, -0.25) is 4.79 Å². The van der Waals surface area contributed by atoms with Gasteiger partial charge in [-0.15, -0.1) is 0 Å². The van der Waals surface area contributed by atoms with Crippen molar-refractivity contribution in [3.8, 4) is 0 Å². The lowest BCUT2D eigenvalue weighted by Crippen LogP contribution is -2.41. The number of rotatable bonds is 6. The van der Waals surface area contributed by atoms with Crippen LogP contribution in [-0.4, -0.2) is 53.5 Å². The van der Waals surface area contributed by atoms with E-state index in [0.29, 0.717) is 37.9 Å². The van der Waals surface area contributed by atoms with Crippen molar-refractivity contribution in [1.82, 2.24) is 15.0 Å². The maximum atomic E-state index is 12.3. The van der Waals surface area contributed by atoms with Gasteiger partial charge >= 0.3 is 0 Å². The SMILES string of the molecule is CCCc1noc(CCC(=O)N2CCC(C3OCCO3)CC2)n1. The quantitative estimate of drug-likeness (QED) is 0.791. The molecule has 1 amide bonds. The number of nitrogens with zero attached hydrogens (tertiary/aromatic N) is 3. The Morgan fingerprint density at radius 3 is 2.65 bits per heavy atom. The van der Waals surface area contributed by atoms with E-state index in [9.17, 15) is 4.79 Å². The largest absolute Gasteiger partial charge is 0.350 e. The zero-order valence-corrected chi connectivity index (χ0v) is 13.7. The van der Waals surface area contributed by atoms with Gasteiger partial charge in [0.25, 0.3) is 0 Å². The van der Waals surface area contributed by atoms with E-state index in [1.807, 2.05) is 4.90 Å². The first-order valence-corrected chi connectivity index (χ1v) is 8.58. The number of ether oxygens (including phenoxy) is 2. The Morgan fingerprint density at radius 2 is 1.96 bits per heavy atom. The number of piperidine rings is 1. The summed E-state index contributed by atoms with van der Waals surface area (Å²) >= 11 is 0. The standard InChI is InChI=1S/C16H25N3O4/c1-2-3-13-17-14(23-18-13)4-5-15(20)19-8-6-12(7-9-19)16-21-10-11-22-16/h12,16H,2-11H2,1H3. The molecule has 23 heavy (non-hydrogen) atoms. The van der Waals surface area contributed by atoms with Crippen LogP contribution in [0.3, 0.4) is 0 Å². The zero-order chi connectivity index (χ0) is 16.1. The number of aromatic nitrogens is 2. The van der Waals surface area contributed by atoms with Crippen molar-refractivity contribution in [2.75, 3.05) is 26.3 Å². The van der Waals surface area contributed by atoms with Gasteiger partial charge < -0.3 is 18.9 Å². The maximum absolute atomic E-state index is 12.3. The highest BCUT2D eigenvalue weighted by molar-refractivity contribution is 5.76. The summed E-state index contributed by atoms with van der Waals surface area (Å²) in [7, 11) is 0. The lowest BCUT2D eigenvalue weighted by molar-refractivity contribution is -0.136. The van der Waals surface area contributed by atoms with Crippen LogP contribution in [0.15, 0.2) is 4.52 Å². The van der Waals surface area contributed by atoms with Crippen LogP contribution in [0, 0.1) is 5.92 Å². The first-order valence-electron chi connectivity index (χ1n) is 8.58. The van der Waals surface area contributed by atoms with E-state index in [1.54, 1.807) is 0 Å². The number of hydrogen-bond acceptors (Lipinski definition) is 6. The number of carbonyl (C=O) groups excluding carboxylic acids is 1. The van der Waals surface area contributed by atoms with Gasteiger partial charge in [-0.25, -0.2) is 0 Å². The van der Waals surface area contributed by atoms with Gasteiger partial charge in [-0.1, -0.05) is 12.1 Å². The van der Waals surface area contributed by atoms with Crippen molar-refractivity contribution in [3.63, 3.8) is 0 Å². The average molecular weight is 323 g/mol. The molecule has 0 bridgehead atoms. The smallest absolute Gasteiger partial charge is 0.227 e. The van der Waals surface area contributed by atoms with E-state index in [0.717, 1.165) is 44.6 Å². The molecule has 0 unspecified atom stereocenters. The number of carbonyl (C=O) groups is 1. The molecule has 0 N–H and O–H groups in total. The summed E-state index contributed by atoms with van der Waals surface area (Å²) in [5, 5.41) is 3.91. The predicted octanol–water partition coefficient (Wildman–Crippen LogP) is 1.57. The predicted molar refractivity (Wildman–Crippen MR) is 81.6 cm³/mol. The van der Waals surface area contributed by atoms with Crippen LogP contribution < -0.4 is 0 Å². The summed E-state index contributed by atoms with van der Waals surface area (Å²) in [6, 6.07) is 0. The van der Waals surface area contributed by atoms with Gasteiger partial charge in [0.05, 0.1) is 13.2 Å². The molecule has 2 fully saturated rings. The third-order valence-corrected chi connectivity index (χ3v) is 4.46. The second kappa shape index (κ2) is 7.88. The van der Waals surface area contributed by atoms with Crippen molar-refractivity contribution >= 4 is 5.91 Å². The molecular formula is C16H25N3O4. The molecule has 0 atom stereocenters. The van der Waals surface area contributed by atoms with E-state index in [-0.39, 0.29) is 12.2 Å². The number of hydrogen-bond donors (Lipinski definition) is 0.